The summed E-state index contributed by atoms with van der Waals surface area (Å²) < 4.78 is 13.0. The van der Waals surface area contributed by atoms with E-state index in [1.165, 1.54) is 12.1 Å². The smallest absolute Gasteiger partial charge is 0.223 e. The van der Waals surface area contributed by atoms with Crippen LogP contribution in [0.2, 0.25) is 0 Å². The molecule has 2 unspecified atom stereocenters. The van der Waals surface area contributed by atoms with Crippen molar-refractivity contribution >= 4 is 11.6 Å². The zero-order valence-corrected chi connectivity index (χ0v) is 14.9. The number of hydrogen-bond acceptors (Lipinski definition) is 4. The average molecular weight is 349 g/mol. The highest BCUT2D eigenvalue weighted by molar-refractivity contribution is 5.76. The van der Waals surface area contributed by atoms with Crippen molar-refractivity contribution in [1.29, 1.82) is 0 Å². The van der Waals surface area contributed by atoms with Gasteiger partial charge in [-0.1, -0.05) is 0 Å². The molecule has 1 aromatic rings. The quantitative estimate of drug-likeness (QED) is 0.877. The average Bonchev–Trinajstić information content (AvgIpc) is 3.10. The van der Waals surface area contributed by atoms with Crippen molar-refractivity contribution in [2.75, 3.05) is 50.7 Å². The molecule has 0 aromatic heterocycles. The van der Waals surface area contributed by atoms with E-state index < -0.39 is 0 Å². The molecule has 2 aliphatic heterocycles. The lowest BCUT2D eigenvalue weighted by molar-refractivity contribution is -0.131. The first kappa shape index (κ1) is 18.1. The maximum absolute atomic E-state index is 13.0. The Balaban J connectivity index is 1.40. The molecule has 0 aliphatic carbocycles. The highest BCUT2D eigenvalue weighted by Gasteiger charge is 2.27. The molecule has 2 aliphatic rings. The summed E-state index contributed by atoms with van der Waals surface area (Å²) in [7, 11) is 0. The summed E-state index contributed by atoms with van der Waals surface area (Å²) >= 11 is 0. The fraction of sp³-hybridized carbons (Fsp3) is 0.632. The number of benzene rings is 1. The number of anilines is 1. The van der Waals surface area contributed by atoms with E-state index in [9.17, 15) is 14.3 Å². The minimum absolute atomic E-state index is 0.208. The van der Waals surface area contributed by atoms with Crippen molar-refractivity contribution in [2.45, 2.75) is 25.9 Å². The van der Waals surface area contributed by atoms with Crippen LogP contribution in [0.5, 0.6) is 0 Å². The number of halogens is 1. The number of piperazine rings is 1. The highest BCUT2D eigenvalue weighted by atomic mass is 19.1. The summed E-state index contributed by atoms with van der Waals surface area (Å²) in [4.78, 5) is 18.8. The molecule has 0 bridgehead atoms. The summed E-state index contributed by atoms with van der Waals surface area (Å²) in [5.74, 6) is 0.325. The van der Waals surface area contributed by atoms with Crippen LogP contribution in [0.25, 0.3) is 0 Å². The Bertz CT molecular complexity index is 571. The number of aliphatic hydroxyl groups is 1. The van der Waals surface area contributed by atoms with Gasteiger partial charge in [-0.3, -0.25) is 4.79 Å². The molecule has 5 nitrogen and oxygen atoms in total. The van der Waals surface area contributed by atoms with Crippen molar-refractivity contribution in [1.82, 2.24) is 9.80 Å². The fourth-order valence-corrected chi connectivity index (χ4v) is 3.74. The van der Waals surface area contributed by atoms with Crippen LogP contribution in [0.15, 0.2) is 24.3 Å². The van der Waals surface area contributed by atoms with E-state index >= 15 is 0 Å². The van der Waals surface area contributed by atoms with Crippen LogP contribution < -0.4 is 4.90 Å². The minimum Gasteiger partial charge on any atom is -0.393 e. The van der Waals surface area contributed by atoms with Crippen molar-refractivity contribution in [3.63, 3.8) is 0 Å². The second-order valence-corrected chi connectivity index (χ2v) is 7.18. The maximum Gasteiger partial charge on any atom is 0.223 e. The van der Waals surface area contributed by atoms with Gasteiger partial charge in [0.1, 0.15) is 5.82 Å². The van der Waals surface area contributed by atoms with Crippen LogP contribution >= 0.6 is 0 Å². The number of amides is 1. The van der Waals surface area contributed by atoms with E-state index in [4.69, 9.17) is 0 Å². The number of hydrogen-bond donors (Lipinski definition) is 1. The molecule has 2 saturated heterocycles. The van der Waals surface area contributed by atoms with Gasteiger partial charge < -0.3 is 19.8 Å². The normalized spacial score (nSPS) is 23.1. The van der Waals surface area contributed by atoms with Crippen molar-refractivity contribution < 1.29 is 14.3 Å². The monoisotopic (exact) mass is 349 g/mol. The molecule has 0 radical (unpaired) electrons. The first-order valence-corrected chi connectivity index (χ1v) is 9.21. The molecule has 0 saturated carbocycles. The van der Waals surface area contributed by atoms with Gasteiger partial charge in [0.25, 0.3) is 0 Å². The molecule has 0 spiro atoms. The number of nitrogens with zero attached hydrogens (tertiary/aromatic N) is 3. The van der Waals surface area contributed by atoms with Crippen LogP contribution in [0.1, 0.15) is 19.8 Å². The van der Waals surface area contributed by atoms with E-state index in [-0.39, 0.29) is 17.8 Å². The van der Waals surface area contributed by atoms with E-state index in [2.05, 4.69) is 9.80 Å². The van der Waals surface area contributed by atoms with Crippen molar-refractivity contribution in [3.8, 4) is 0 Å². The van der Waals surface area contributed by atoms with Crippen LogP contribution in [0.3, 0.4) is 0 Å². The summed E-state index contributed by atoms with van der Waals surface area (Å²) in [6.45, 7) is 7.49. The molecule has 2 atom stereocenters. The predicted octanol–water partition coefficient (Wildman–Crippen LogP) is 1.57. The zero-order valence-electron chi connectivity index (χ0n) is 14.9. The first-order valence-electron chi connectivity index (χ1n) is 9.21. The molecule has 25 heavy (non-hydrogen) atoms. The molecule has 3 rings (SSSR count). The molecule has 1 N–H and O–H groups in total. The van der Waals surface area contributed by atoms with Crippen molar-refractivity contribution in [2.24, 2.45) is 5.92 Å². The van der Waals surface area contributed by atoms with Crippen LogP contribution in [-0.2, 0) is 4.79 Å². The van der Waals surface area contributed by atoms with Gasteiger partial charge in [0.05, 0.1) is 6.10 Å². The number of aliphatic hydroxyl groups excluding tert-OH is 1. The number of rotatable bonds is 5. The number of carbonyl (C=O) groups is 1. The van der Waals surface area contributed by atoms with Gasteiger partial charge in [-0.15, -0.1) is 0 Å². The zero-order chi connectivity index (χ0) is 17.8. The Morgan fingerprint density at radius 1 is 1.20 bits per heavy atom. The first-order chi connectivity index (χ1) is 12.0. The minimum atomic E-state index is -0.264. The SMILES string of the molecule is CC(O)C1CCN(CCC(=O)N2CCN(c3ccc(F)cc3)CC2)C1. The number of carbonyl (C=O) groups excluding carboxylic acids is 1. The molecule has 6 heteroatoms. The largest absolute Gasteiger partial charge is 0.393 e. The topological polar surface area (TPSA) is 47.0 Å². The van der Waals surface area contributed by atoms with E-state index in [1.807, 2.05) is 11.8 Å². The molecule has 1 amide bonds. The van der Waals surface area contributed by atoms with Gasteiger partial charge in [0, 0.05) is 51.4 Å². The third kappa shape index (κ3) is 4.70. The highest BCUT2D eigenvalue weighted by Crippen LogP contribution is 2.20. The van der Waals surface area contributed by atoms with Crippen molar-refractivity contribution in [3.05, 3.63) is 30.1 Å². The Morgan fingerprint density at radius 3 is 2.48 bits per heavy atom. The van der Waals surface area contributed by atoms with Crippen LogP contribution in [-0.4, -0.2) is 72.7 Å². The predicted molar refractivity (Wildman–Crippen MR) is 96.0 cm³/mol. The lowest BCUT2D eigenvalue weighted by Gasteiger charge is -2.36. The van der Waals surface area contributed by atoms with Gasteiger partial charge in [-0.2, -0.15) is 0 Å². The Morgan fingerprint density at radius 2 is 1.88 bits per heavy atom. The third-order valence-corrected chi connectivity index (χ3v) is 5.46. The van der Waals surface area contributed by atoms with E-state index in [1.54, 1.807) is 12.1 Å². The molecular weight excluding hydrogens is 321 g/mol. The molecule has 2 heterocycles. The van der Waals surface area contributed by atoms with Gasteiger partial charge >= 0.3 is 0 Å². The Hall–Kier alpha value is -1.66. The standard InChI is InChI=1S/C19H28FN3O2/c1-15(24)16-6-8-21(14-16)9-7-19(25)23-12-10-22(11-13-23)18-4-2-17(20)3-5-18/h2-5,15-16,24H,6-14H2,1H3. The molecule has 1 aromatic carbocycles. The van der Waals surface area contributed by atoms with Crippen LogP contribution in [0, 0.1) is 11.7 Å². The lowest BCUT2D eigenvalue weighted by Crippen LogP contribution is -2.49. The van der Waals surface area contributed by atoms with Gasteiger partial charge in [0.2, 0.25) is 5.91 Å². The second-order valence-electron chi connectivity index (χ2n) is 7.18. The molecule has 2 fully saturated rings. The lowest BCUT2D eigenvalue weighted by atomic mass is 10.0. The summed E-state index contributed by atoms with van der Waals surface area (Å²) in [6, 6.07) is 6.53. The van der Waals surface area contributed by atoms with Gasteiger partial charge in [-0.05, 0) is 50.1 Å². The Kier molecular flexibility index (Phi) is 5.91. The van der Waals surface area contributed by atoms with E-state index in [0.29, 0.717) is 25.4 Å². The van der Waals surface area contributed by atoms with Gasteiger partial charge in [-0.25, -0.2) is 4.39 Å². The van der Waals surface area contributed by atoms with Gasteiger partial charge in [0.15, 0.2) is 0 Å². The van der Waals surface area contributed by atoms with E-state index in [0.717, 1.165) is 44.8 Å². The fourth-order valence-electron chi connectivity index (χ4n) is 3.74. The summed E-state index contributed by atoms with van der Waals surface area (Å²) in [6.07, 6.45) is 1.30. The molecular formula is C19H28FN3O2. The number of likely N-dealkylation sites (tertiary alicyclic amines) is 1. The van der Waals surface area contributed by atoms with Crippen LogP contribution in [0.4, 0.5) is 10.1 Å². The summed E-state index contributed by atoms with van der Waals surface area (Å²) in [5, 5.41) is 9.66. The Labute approximate surface area is 149 Å². The third-order valence-electron chi connectivity index (χ3n) is 5.46. The molecule has 138 valence electrons. The summed E-state index contributed by atoms with van der Waals surface area (Å²) in [5.41, 5.74) is 1.01. The maximum atomic E-state index is 13.0. The second kappa shape index (κ2) is 8.15.